The van der Waals surface area contributed by atoms with E-state index in [1.165, 1.54) is 24.6 Å². The van der Waals surface area contributed by atoms with E-state index in [9.17, 15) is 4.79 Å². The van der Waals surface area contributed by atoms with Gasteiger partial charge in [-0.25, -0.2) is 4.98 Å². The molecule has 1 aromatic carbocycles. The number of ether oxygens (including phenoxy) is 1. The van der Waals surface area contributed by atoms with Crippen LogP contribution in [0.2, 0.25) is 0 Å². The van der Waals surface area contributed by atoms with E-state index in [4.69, 9.17) is 10.5 Å². The van der Waals surface area contributed by atoms with Crippen LogP contribution in [0.25, 0.3) is 0 Å². The van der Waals surface area contributed by atoms with E-state index >= 15 is 0 Å². The van der Waals surface area contributed by atoms with Crippen LogP contribution in [0.1, 0.15) is 28.8 Å². The van der Waals surface area contributed by atoms with Crippen molar-refractivity contribution >= 4 is 5.91 Å². The molecule has 1 aromatic heterocycles. The molecule has 3 unspecified atom stereocenters. The van der Waals surface area contributed by atoms with E-state index in [2.05, 4.69) is 41.2 Å². The first kappa shape index (κ1) is 17.7. The molecule has 2 bridgehead atoms. The summed E-state index contributed by atoms with van der Waals surface area (Å²) in [5, 5.41) is 0. The summed E-state index contributed by atoms with van der Waals surface area (Å²) in [6, 6.07) is 12.1. The lowest BCUT2D eigenvalue weighted by Gasteiger charge is -2.29. The number of fused-ring (bicyclic) bond motifs is 2. The van der Waals surface area contributed by atoms with E-state index in [-0.39, 0.29) is 0 Å². The molecule has 5 heteroatoms. The normalized spacial score (nSPS) is 23.1. The number of likely N-dealkylation sites (N-methyl/N-ethyl adjacent to an activating group) is 1. The van der Waals surface area contributed by atoms with Gasteiger partial charge in [-0.1, -0.05) is 24.3 Å². The summed E-state index contributed by atoms with van der Waals surface area (Å²) >= 11 is 0. The maximum atomic E-state index is 11.1. The minimum atomic E-state index is -0.496. The summed E-state index contributed by atoms with van der Waals surface area (Å²) in [4.78, 5) is 17.7. The van der Waals surface area contributed by atoms with E-state index in [0.29, 0.717) is 17.5 Å². The SMILES string of the molecule is CN(CCc1ccc(Oc2ccc(C(N)=O)cn2)cc1)C1CC2C=CC1C2. The molecule has 140 valence electrons. The van der Waals surface area contributed by atoms with Gasteiger partial charge in [0.25, 0.3) is 0 Å². The lowest BCUT2D eigenvalue weighted by atomic mass is 10.00. The minimum Gasteiger partial charge on any atom is -0.439 e. The Balaban J connectivity index is 1.29. The van der Waals surface area contributed by atoms with E-state index in [1.54, 1.807) is 12.1 Å². The molecule has 5 nitrogen and oxygen atoms in total. The third-order valence-corrected chi connectivity index (χ3v) is 5.73. The van der Waals surface area contributed by atoms with Crippen LogP contribution in [-0.4, -0.2) is 35.4 Å². The number of amides is 1. The Morgan fingerprint density at radius 1 is 1.19 bits per heavy atom. The van der Waals surface area contributed by atoms with Crippen molar-refractivity contribution < 1.29 is 9.53 Å². The molecule has 0 aliphatic heterocycles. The van der Waals surface area contributed by atoms with Crippen LogP contribution in [0, 0.1) is 11.8 Å². The van der Waals surface area contributed by atoms with Crippen LogP contribution >= 0.6 is 0 Å². The highest BCUT2D eigenvalue weighted by molar-refractivity contribution is 5.92. The molecule has 0 spiro atoms. The van der Waals surface area contributed by atoms with Crippen molar-refractivity contribution in [3.8, 4) is 11.6 Å². The van der Waals surface area contributed by atoms with Crippen LogP contribution in [0.15, 0.2) is 54.7 Å². The zero-order chi connectivity index (χ0) is 18.8. The second-order valence-corrected chi connectivity index (χ2v) is 7.57. The fourth-order valence-corrected chi connectivity index (χ4v) is 4.16. The topological polar surface area (TPSA) is 68.5 Å². The van der Waals surface area contributed by atoms with E-state index in [0.717, 1.165) is 30.6 Å². The number of hydrogen-bond donors (Lipinski definition) is 1. The Hall–Kier alpha value is -2.66. The molecule has 27 heavy (non-hydrogen) atoms. The predicted molar refractivity (Wildman–Crippen MR) is 105 cm³/mol. The molecule has 1 fully saturated rings. The standard InChI is InChI=1S/C22H25N3O2/c1-25(20-13-16-2-5-17(20)12-16)11-10-15-3-7-19(8-4-15)27-21-9-6-18(14-24-21)22(23)26/h2-9,14,16-17,20H,10-13H2,1H3,(H2,23,26). The van der Waals surface area contributed by atoms with Crippen molar-refractivity contribution in [2.45, 2.75) is 25.3 Å². The Morgan fingerprint density at radius 2 is 2.00 bits per heavy atom. The van der Waals surface area contributed by atoms with Gasteiger partial charge in [0.05, 0.1) is 5.56 Å². The van der Waals surface area contributed by atoms with Gasteiger partial charge in [-0.05, 0) is 61.9 Å². The maximum absolute atomic E-state index is 11.1. The largest absolute Gasteiger partial charge is 0.439 e. The fraction of sp³-hybridized carbons (Fsp3) is 0.364. The molecule has 3 atom stereocenters. The zero-order valence-electron chi connectivity index (χ0n) is 15.5. The maximum Gasteiger partial charge on any atom is 0.250 e. The monoisotopic (exact) mass is 363 g/mol. The quantitative estimate of drug-likeness (QED) is 0.766. The number of hydrogen-bond acceptors (Lipinski definition) is 4. The molecule has 1 saturated carbocycles. The first-order chi connectivity index (χ1) is 13.1. The molecule has 2 aromatic rings. The number of nitrogens with two attached hydrogens (primary N) is 1. The van der Waals surface area contributed by atoms with Crippen molar-refractivity contribution in [2.24, 2.45) is 17.6 Å². The second kappa shape index (κ2) is 7.53. The average molecular weight is 363 g/mol. The molecular formula is C22H25N3O2. The number of rotatable bonds is 7. The molecule has 2 N–H and O–H groups in total. The average Bonchev–Trinajstić information content (AvgIpc) is 3.31. The lowest BCUT2D eigenvalue weighted by molar-refractivity contribution is 0.1000. The zero-order valence-corrected chi connectivity index (χ0v) is 15.5. The van der Waals surface area contributed by atoms with E-state index in [1.807, 2.05) is 12.1 Å². The summed E-state index contributed by atoms with van der Waals surface area (Å²) in [6.07, 6.45) is 9.91. The number of carbonyl (C=O) groups is 1. The van der Waals surface area contributed by atoms with Gasteiger partial charge in [0, 0.05) is 24.8 Å². The van der Waals surface area contributed by atoms with Crippen LogP contribution in [0.3, 0.4) is 0 Å². The number of benzene rings is 1. The lowest BCUT2D eigenvalue weighted by Crippen LogP contribution is -2.36. The van der Waals surface area contributed by atoms with Gasteiger partial charge in [0.1, 0.15) is 5.75 Å². The molecule has 1 heterocycles. The van der Waals surface area contributed by atoms with Crippen LogP contribution < -0.4 is 10.5 Å². The van der Waals surface area contributed by atoms with Gasteiger partial charge >= 0.3 is 0 Å². The predicted octanol–water partition coefficient (Wildman–Crippen LogP) is 3.41. The summed E-state index contributed by atoms with van der Waals surface area (Å²) in [5.41, 5.74) is 6.88. The molecule has 0 radical (unpaired) electrons. The molecular weight excluding hydrogens is 338 g/mol. The van der Waals surface area contributed by atoms with E-state index < -0.39 is 5.91 Å². The van der Waals surface area contributed by atoms with Crippen LogP contribution in [-0.2, 0) is 6.42 Å². The molecule has 2 aliphatic rings. The van der Waals surface area contributed by atoms with Gasteiger partial charge in [-0.3, -0.25) is 4.79 Å². The van der Waals surface area contributed by atoms with Crippen molar-refractivity contribution in [1.29, 1.82) is 0 Å². The molecule has 0 saturated heterocycles. The highest BCUT2D eigenvalue weighted by Crippen LogP contribution is 2.41. The Labute approximate surface area is 159 Å². The number of allylic oxidation sites excluding steroid dienone is 1. The summed E-state index contributed by atoms with van der Waals surface area (Å²) in [7, 11) is 2.25. The Morgan fingerprint density at radius 3 is 2.59 bits per heavy atom. The molecule has 4 rings (SSSR count). The van der Waals surface area contributed by atoms with Crippen molar-refractivity contribution in [3.63, 3.8) is 0 Å². The van der Waals surface area contributed by atoms with Gasteiger partial charge in [-0.2, -0.15) is 0 Å². The second-order valence-electron chi connectivity index (χ2n) is 7.57. The highest BCUT2D eigenvalue weighted by Gasteiger charge is 2.37. The number of carbonyl (C=O) groups excluding carboxylic acids is 1. The molecule has 1 amide bonds. The fourth-order valence-electron chi connectivity index (χ4n) is 4.16. The smallest absolute Gasteiger partial charge is 0.250 e. The molecule has 2 aliphatic carbocycles. The van der Waals surface area contributed by atoms with Gasteiger partial charge in [-0.15, -0.1) is 0 Å². The number of nitrogens with zero attached hydrogens (tertiary/aromatic N) is 2. The van der Waals surface area contributed by atoms with Crippen molar-refractivity contribution in [2.75, 3.05) is 13.6 Å². The highest BCUT2D eigenvalue weighted by atomic mass is 16.5. The number of primary amides is 1. The van der Waals surface area contributed by atoms with Gasteiger partial charge in [0.15, 0.2) is 0 Å². The number of pyridine rings is 1. The first-order valence-electron chi connectivity index (χ1n) is 9.50. The minimum absolute atomic E-state index is 0.368. The van der Waals surface area contributed by atoms with Gasteiger partial charge in [0.2, 0.25) is 11.8 Å². The van der Waals surface area contributed by atoms with Crippen LogP contribution in [0.5, 0.6) is 11.6 Å². The number of aromatic nitrogens is 1. The Kier molecular flexibility index (Phi) is 4.94. The first-order valence-corrected chi connectivity index (χ1v) is 9.50. The van der Waals surface area contributed by atoms with Crippen LogP contribution in [0.4, 0.5) is 0 Å². The van der Waals surface area contributed by atoms with Crippen molar-refractivity contribution in [1.82, 2.24) is 9.88 Å². The third-order valence-electron chi connectivity index (χ3n) is 5.73. The summed E-state index contributed by atoms with van der Waals surface area (Å²) < 4.78 is 5.73. The summed E-state index contributed by atoms with van der Waals surface area (Å²) in [6.45, 7) is 1.07. The van der Waals surface area contributed by atoms with Gasteiger partial charge < -0.3 is 15.4 Å². The summed E-state index contributed by atoms with van der Waals surface area (Å²) in [5.74, 6) is 2.24. The third kappa shape index (κ3) is 4.03. The van der Waals surface area contributed by atoms with Crippen molar-refractivity contribution in [3.05, 3.63) is 65.9 Å². The Bertz CT molecular complexity index is 830.